The second kappa shape index (κ2) is 20.4. The lowest BCUT2D eigenvalue weighted by Gasteiger charge is -2.58. The molecule has 0 aromatic heterocycles. The number of fused-ring (bicyclic) bond motifs is 5. The Labute approximate surface area is 321 Å². The highest BCUT2D eigenvalue weighted by Crippen LogP contribution is 2.67. The van der Waals surface area contributed by atoms with E-state index in [9.17, 15) is 9.59 Å². The van der Waals surface area contributed by atoms with Gasteiger partial charge in [0.2, 0.25) is 0 Å². The predicted molar refractivity (Wildman–Crippen MR) is 214 cm³/mol. The number of nitrogens with zero attached hydrogens (tertiary/aromatic N) is 1. The summed E-state index contributed by atoms with van der Waals surface area (Å²) >= 11 is 0. The van der Waals surface area contributed by atoms with E-state index in [4.69, 9.17) is 31.4 Å². The molecular formula is C43H75N5O5. The number of Topliss-reactive ketones (excluding diaryl/α,β-unsaturated/α-hetero) is 1. The van der Waals surface area contributed by atoms with Crippen molar-refractivity contribution in [2.24, 2.45) is 68.5 Å². The van der Waals surface area contributed by atoms with E-state index in [0.717, 1.165) is 67.6 Å². The van der Waals surface area contributed by atoms with Crippen LogP contribution in [0.25, 0.3) is 0 Å². The van der Waals surface area contributed by atoms with Crippen molar-refractivity contribution in [3.05, 3.63) is 24.0 Å². The first-order valence-electron chi connectivity index (χ1n) is 21.1. The molecule has 4 rings (SSSR count). The number of esters is 1. The second-order valence-corrected chi connectivity index (χ2v) is 17.9. The predicted octanol–water partition coefficient (Wildman–Crippen LogP) is 7.15. The highest BCUT2D eigenvalue weighted by atomic mass is 16.6. The third kappa shape index (κ3) is 11.9. The number of allylic oxidation sites excluding steroid dienone is 1. The van der Waals surface area contributed by atoms with E-state index in [1.54, 1.807) is 0 Å². The summed E-state index contributed by atoms with van der Waals surface area (Å²) in [7, 11) is 0. The van der Waals surface area contributed by atoms with Gasteiger partial charge < -0.3 is 36.7 Å². The minimum Gasteiger partial charge on any atom is -0.460 e. The van der Waals surface area contributed by atoms with Crippen LogP contribution >= 0.6 is 0 Å². The van der Waals surface area contributed by atoms with Crippen molar-refractivity contribution < 1.29 is 23.8 Å². The van der Waals surface area contributed by atoms with Gasteiger partial charge in [-0.15, -0.1) is 0 Å². The molecule has 9 atom stereocenters. The summed E-state index contributed by atoms with van der Waals surface area (Å²) in [4.78, 5) is 29.4. The van der Waals surface area contributed by atoms with Crippen LogP contribution in [-0.4, -0.2) is 62.8 Å². The van der Waals surface area contributed by atoms with Gasteiger partial charge in [-0.3, -0.25) is 9.79 Å². The lowest BCUT2D eigenvalue weighted by Crippen LogP contribution is -2.51. The van der Waals surface area contributed by atoms with Crippen molar-refractivity contribution >= 4 is 17.7 Å². The number of guanidine groups is 1. The van der Waals surface area contributed by atoms with Crippen molar-refractivity contribution in [1.29, 1.82) is 0 Å². The average molecular weight is 742 g/mol. The molecule has 0 aliphatic heterocycles. The zero-order valence-corrected chi connectivity index (χ0v) is 34.0. The summed E-state index contributed by atoms with van der Waals surface area (Å²) in [6.07, 6.45) is 19.4. The van der Waals surface area contributed by atoms with E-state index in [1.807, 2.05) is 0 Å². The lowest BCUT2D eigenvalue weighted by molar-refractivity contribution is -0.157. The standard InChI is InChI=1S/C43H75N5O5/c1-29(2)11-9-12-30(3)35-17-18-36-34-16-15-32-27-33(19-21-42(32,5)37(34)20-22-43(35,36)6)53-40(50)28-52-26-25-51-24-10-14-39(49)38(48-31(4)44)13-7-8-23-47-41(45)46/h15,29-30,33-38,48H,4,7-14,16-28,44H2,1-3,5-6H3,(H4,45,46,47). The van der Waals surface area contributed by atoms with Gasteiger partial charge in [0, 0.05) is 26.0 Å². The van der Waals surface area contributed by atoms with E-state index in [1.165, 1.54) is 56.9 Å². The minimum absolute atomic E-state index is 0.0643. The van der Waals surface area contributed by atoms with E-state index in [0.29, 0.717) is 51.0 Å². The normalized spacial score (nSPS) is 30.3. The van der Waals surface area contributed by atoms with E-state index in [2.05, 4.69) is 57.6 Å². The summed E-state index contributed by atoms with van der Waals surface area (Å²) in [6.45, 7) is 17.7. The Morgan fingerprint density at radius 2 is 1.70 bits per heavy atom. The molecule has 0 spiro atoms. The summed E-state index contributed by atoms with van der Waals surface area (Å²) in [5, 5.41) is 2.97. The van der Waals surface area contributed by atoms with E-state index < -0.39 is 6.04 Å². The topological polar surface area (TPSA) is 164 Å². The molecule has 4 aliphatic carbocycles. The molecule has 10 heteroatoms. The van der Waals surface area contributed by atoms with Gasteiger partial charge in [0.1, 0.15) is 12.7 Å². The molecule has 0 heterocycles. The number of rotatable bonds is 23. The first kappa shape index (κ1) is 43.1. The largest absolute Gasteiger partial charge is 0.460 e. The van der Waals surface area contributed by atoms with Crippen LogP contribution in [0, 0.1) is 46.3 Å². The molecule has 53 heavy (non-hydrogen) atoms. The highest BCUT2D eigenvalue weighted by molar-refractivity contribution is 5.84. The van der Waals surface area contributed by atoms with Crippen molar-refractivity contribution in [2.45, 2.75) is 149 Å². The van der Waals surface area contributed by atoms with Gasteiger partial charge in [-0.05, 0) is 117 Å². The van der Waals surface area contributed by atoms with Gasteiger partial charge in [-0.2, -0.15) is 0 Å². The molecule has 3 fully saturated rings. The second-order valence-electron chi connectivity index (χ2n) is 17.9. The quantitative estimate of drug-likeness (QED) is 0.0280. The van der Waals surface area contributed by atoms with Crippen molar-refractivity contribution in [3.63, 3.8) is 0 Å². The third-order valence-electron chi connectivity index (χ3n) is 13.8. The maximum absolute atomic E-state index is 12.7. The van der Waals surface area contributed by atoms with Crippen molar-refractivity contribution in [1.82, 2.24) is 5.32 Å². The molecule has 7 N–H and O–H groups in total. The summed E-state index contributed by atoms with van der Waals surface area (Å²) in [6, 6.07) is -0.396. The van der Waals surface area contributed by atoms with Crippen LogP contribution in [0.15, 0.2) is 29.0 Å². The molecule has 302 valence electrons. The number of unbranched alkanes of at least 4 members (excludes halogenated alkanes) is 1. The summed E-state index contributed by atoms with van der Waals surface area (Å²) in [5.41, 5.74) is 18.7. The molecular weight excluding hydrogens is 667 g/mol. The number of aliphatic imine (C=N–C) groups is 1. The molecule has 3 saturated carbocycles. The molecule has 0 aromatic carbocycles. The number of hydrogen-bond donors (Lipinski definition) is 4. The van der Waals surface area contributed by atoms with Crippen LogP contribution in [-0.2, 0) is 23.8 Å². The maximum atomic E-state index is 12.7. The molecule has 0 amide bonds. The van der Waals surface area contributed by atoms with Crippen LogP contribution in [0.5, 0.6) is 0 Å². The number of ketones is 1. The molecule has 9 unspecified atom stereocenters. The third-order valence-corrected chi connectivity index (χ3v) is 13.8. The first-order chi connectivity index (χ1) is 25.2. The Morgan fingerprint density at radius 3 is 2.43 bits per heavy atom. The number of ether oxygens (including phenoxy) is 3. The van der Waals surface area contributed by atoms with Crippen molar-refractivity contribution in [2.75, 3.05) is 33.0 Å². The van der Waals surface area contributed by atoms with Gasteiger partial charge in [0.25, 0.3) is 0 Å². The van der Waals surface area contributed by atoms with Gasteiger partial charge in [-0.25, -0.2) is 4.79 Å². The monoisotopic (exact) mass is 742 g/mol. The fraction of sp³-hybridized carbons (Fsp3) is 0.837. The minimum atomic E-state index is -0.396. The first-order valence-corrected chi connectivity index (χ1v) is 21.1. The zero-order chi connectivity index (χ0) is 38.6. The highest BCUT2D eigenvalue weighted by Gasteiger charge is 2.59. The van der Waals surface area contributed by atoms with Crippen molar-refractivity contribution in [3.8, 4) is 0 Å². The summed E-state index contributed by atoms with van der Waals surface area (Å²) < 4.78 is 17.2. The van der Waals surface area contributed by atoms with Gasteiger partial charge in [0.05, 0.1) is 25.1 Å². The Bertz CT molecular complexity index is 1270. The van der Waals surface area contributed by atoms with Crippen LogP contribution in [0.1, 0.15) is 137 Å². The van der Waals surface area contributed by atoms with Gasteiger partial charge >= 0.3 is 5.97 Å². The molecule has 0 radical (unpaired) electrons. The number of carbonyl (C=O) groups is 2. The zero-order valence-electron chi connectivity index (χ0n) is 34.0. The fourth-order valence-electron chi connectivity index (χ4n) is 11.1. The Morgan fingerprint density at radius 1 is 0.925 bits per heavy atom. The fourth-order valence-corrected chi connectivity index (χ4v) is 11.1. The lowest BCUT2D eigenvalue weighted by atomic mass is 9.47. The molecule has 0 bridgehead atoms. The average Bonchev–Trinajstić information content (AvgIpc) is 3.45. The summed E-state index contributed by atoms with van der Waals surface area (Å²) in [5.74, 6) is 5.03. The molecule has 0 aromatic rings. The van der Waals surface area contributed by atoms with Crippen LogP contribution < -0.4 is 22.5 Å². The van der Waals surface area contributed by atoms with Gasteiger partial charge in [0.15, 0.2) is 11.7 Å². The Balaban J connectivity index is 1.12. The van der Waals surface area contributed by atoms with Crippen LogP contribution in [0.4, 0.5) is 0 Å². The van der Waals surface area contributed by atoms with E-state index in [-0.39, 0.29) is 41.7 Å². The van der Waals surface area contributed by atoms with Crippen LogP contribution in [0.2, 0.25) is 0 Å². The number of hydrogen-bond acceptors (Lipinski definition) is 8. The molecule has 4 aliphatic rings. The van der Waals surface area contributed by atoms with Gasteiger partial charge in [-0.1, -0.05) is 72.1 Å². The Kier molecular flexibility index (Phi) is 16.6. The Hall–Kier alpha value is -2.59. The van der Waals surface area contributed by atoms with E-state index >= 15 is 0 Å². The molecule has 10 nitrogen and oxygen atoms in total. The van der Waals surface area contributed by atoms with Crippen LogP contribution in [0.3, 0.4) is 0 Å². The number of nitrogens with two attached hydrogens (primary N) is 3. The maximum Gasteiger partial charge on any atom is 0.332 e. The smallest absolute Gasteiger partial charge is 0.332 e. The SMILES string of the molecule is C=C(N)NC(CCCCN=C(N)N)C(=O)CCCOCCOCC(=O)OC1CCC2(C)C(=CCC3C2CCC2(C)C(C(C)CCCC(C)C)CCC32)C1. The molecule has 0 saturated heterocycles. The number of nitrogens with one attached hydrogen (secondary N) is 1. The number of carbonyl (C=O) groups excluding carboxylic acids is 2.